The maximum atomic E-state index is 11.2. The molecule has 1 heterocycles. The lowest BCUT2D eigenvalue weighted by atomic mass is 10.5. The first kappa shape index (κ1) is 10.7. The van der Waals surface area contributed by atoms with Gasteiger partial charge in [0, 0.05) is 14.1 Å². The van der Waals surface area contributed by atoms with Gasteiger partial charge in [-0.2, -0.15) is 0 Å². The first-order chi connectivity index (χ1) is 6.59. The molecule has 14 heavy (non-hydrogen) atoms. The average molecular weight is 215 g/mol. The number of hydrogen-bond acceptors (Lipinski definition) is 4. The van der Waals surface area contributed by atoms with Crippen LogP contribution in [0.3, 0.4) is 0 Å². The minimum absolute atomic E-state index is 0.0262. The molecule has 6 heteroatoms. The summed E-state index contributed by atoms with van der Waals surface area (Å²) in [4.78, 5) is 20.4. The highest BCUT2D eigenvalue weighted by Gasteiger charge is 2.03. The van der Waals surface area contributed by atoms with Crippen molar-refractivity contribution in [3.05, 3.63) is 17.5 Å². The Morgan fingerprint density at radius 2 is 2.21 bits per heavy atom. The maximum Gasteiger partial charge on any atom is 0.241 e. The zero-order valence-electron chi connectivity index (χ0n) is 7.99. The number of aromatic nitrogens is 2. The van der Waals surface area contributed by atoms with E-state index in [-0.39, 0.29) is 12.5 Å². The Bertz CT molecular complexity index is 312. The SMILES string of the molecule is CN(C)C(=O)CNc1cnc(Cl)cn1. The molecule has 0 aromatic carbocycles. The van der Waals surface area contributed by atoms with Crippen molar-refractivity contribution in [1.82, 2.24) is 14.9 Å². The van der Waals surface area contributed by atoms with E-state index in [1.54, 1.807) is 14.1 Å². The Morgan fingerprint density at radius 1 is 1.50 bits per heavy atom. The van der Waals surface area contributed by atoms with Gasteiger partial charge in [0.25, 0.3) is 0 Å². The van der Waals surface area contributed by atoms with Crippen LogP contribution in [0.5, 0.6) is 0 Å². The van der Waals surface area contributed by atoms with Crippen molar-refractivity contribution in [1.29, 1.82) is 0 Å². The molecule has 1 aromatic rings. The lowest BCUT2D eigenvalue weighted by molar-refractivity contribution is -0.126. The van der Waals surface area contributed by atoms with Crippen LogP contribution in [0.15, 0.2) is 12.4 Å². The third-order valence-corrected chi connectivity index (χ3v) is 1.74. The monoisotopic (exact) mass is 214 g/mol. The van der Waals surface area contributed by atoms with Gasteiger partial charge < -0.3 is 10.2 Å². The fourth-order valence-corrected chi connectivity index (χ4v) is 0.825. The van der Waals surface area contributed by atoms with Crippen LogP contribution in [-0.4, -0.2) is 41.4 Å². The largest absolute Gasteiger partial charge is 0.360 e. The second-order valence-electron chi connectivity index (χ2n) is 2.87. The molecule has 0 aliphatic heterocycles. The summed E-state index contributed by atoms with van der Waals surface area (Å²) in [6.07, 6.45) is 2.90. The van der Waals surface area contributed by atoms with Crippen LogP contribution in [-0.2, 0) is 4.79 Å². The Morgan fingerprint density at radius 3 is 2.71 bits per heavy atom. The van der Waals surface area contributed by atoms with Gasteiger partial charge in [0.15, 0.2) is 0 Å². The van der Waals surface area contributed by atoms with E-state index in [4.69, 9.17) is 11.6 Å². The van der Waals surface area contributed by atoms with Gasteiger partial charge in [-0.15, -0.1) is 0 Å². The highest BCUT2D eigenvalue weighted by Crippen LogP contribution is 2.04. The summed E-state index contributed by atoms with van der Waals surface area (Å²) in [7, 11) is 3.38. The number of carbonyl (C=O) groups excluding carboxylic acids is 1. The van der Waals surface area contributed by atoms with Crippen LogP contribution in [0.25, 0.3) is 0 Å². The maximum absolute atomic E-state index is 11.2. The van der Waals surface area contributed by atoms with Gasteiger partial charge in [-0.1, -0.05) is 11.6 Å². The van der Waals surface area contributed by atoms with Crippen LogP contribution < -0.4 is 5.32 Å². The third kappa shape index (κ3) is 3.18. The highest BCUT2D eigenvalue weighted by atomic mass is 35.5. The lowest BCUT2D eigenvalue weighted by Crippen LogP contribution is -2.28. The molecule has 0 aliphatic carbocycles. The molecule has 0 spiro atoms. The molecule has 76 valence electrons. The van der Waals surface area contributed by atoms with E-state index >= 15 is 0 Å². The van der Waals surface area contributed by atoms with Crippen molar-refractivity contribution in [2.45, 2.75) is 0 Å². The Balaban J connectivity index is 2.46. The fraction of sp³-hybridized carbons (Fsp3) is 0.375. The number of carbonyl (C=O) groups is 1. The van der Waals surface area contributed by atoms with Crippen LogP contribution in [0.4, 0.5) is 5.82 Å². The van der Waals surface area contributed by atoms with Gasteiger partial charge in [0.2, 0.25) is 5.91 Å². The third-order valence-electron chi connectivity index (χ3n) is 1.54. The van der Waals surface area contributed by atoms with E-state index in [0.29, 0.717) is 11.0 Å². The van der Waals surface area contributed by atoms with E-state index in [0.717, 1.165) is 0 Å². The molecule has 0 fully saturated rings. The van der Waals surface area contributed by atoms with Crippen molar-refractivity contribution in [2.24, 2.45) is 0 Å². The summed E-state index contributed by atoms with van der Waals surface area (Å²) in [6, 6.07) is 0. The topological polar surface area (TPSA) is 58.1 Å². The standard InChI is InChI=1S/C8H11ClN4O/c1-13(2)8(14)5-12-7-4-10-6(9)3-11-7/h3-4H,5H2,1-2H3,(H,11,12). The predicted molar refractivity (Wildman–Crippen MR) is 54.2 cm³/mol. The Hall–Kier alpha value is -1.36. The number of nitrogens with one attached hydrogen (secondary N) is 1. The van der Waals surface area contributed by atoms with Gasteiger partial charge in [0.05, 0.1) is 18.9 Å². The number of hydrogen-bond donors (Lipinski definition) is 1. The summed E-state index contributed by atoms with van der Waals surface area (Å²) in [6.45, 7) is 0.198. The minimum atomic E-state index is -0.0262. The van der Waals surface area contributed by atoms with E-state index in [1.807, 2.05) is 0 Å². The van der Waals surface area contributed by atoms with E-state index in [1.165, 1.54) is 17.3 Å². The van der Waals surface area contributed by atoms with Crippen LogP contribution in [0.1, 0.15) is 0 Å². The molecule has 0 bridgehead atoms. The van der Waals surface area contributed by atoms with E-state index in [2.05, 4.69) is 15.3 Å². The molecule has 0 unspecified atom stereocenters. The first-order valence-electron chi connectivity index (χ1n) is 4.01. The highest BCUT2D eigenvalue weighted by molar-refractivity contribution is 6.29. The normalized spacial score (nSPS) is 9.64. The van der Waals surface area contributed by atoms with Gasteiger partial charge in [0.1, 0.15) is 11.0 Å². The zero-order chi connectivity index (χ0) is 10.6. The van der Waals surface area contributed by atoms with Crippen LogP contribution in [0, 0.1) is 0 Å². The second kappa shape index (κ2) is 4.76. The molecular weight excluding hydrogens is 204 g/mol. The molecule has 1 aromatic heterocycles. The van der Waals surface area contributed by atoms with Crippen molar-refractivity contribution in [2.75, 3.05) is 26.0 Å². The van der Waals surface area contributed by atoms with Crippen molar-refractivity contribution < 1.29 is 4.79 Å². The van der Waals surface area contributed by atoms with Crippen molar-refractivity contribution >= 4 is 23.3 Å². The quantitative estimate of drug-likeness (QED) is 0.802. The molecule has 1 rings (SSSR count). The first-order valence-corrected chi connectivity index (χ1v) is 4.39. The molecule has 0 saturated heterocycles. The Kier molecular flexibility index (Phi) is 3.64. The number of likely N-dealkylation sites (N-methyl/N-ethyl adjacent to an activating group) is 1. The van der Waals surface area contributed by atoms with Crippen molar-refractivity contribution in [3.63, 3.8) is 0 Å². The van der Waals surface area contributed by atoms with E-state index in [9.17, 15) is 4.79 Å². The fourth-order valence-electron chi connectivity index (χ4n) is 0.728. The van der Waals surface area contributed by atoms with Crippen LogP contribution >= 0.6 is 11.6 Å². The smallest absolute Gasteiger partial charge is 0.241 e. The summed E-state index contributed by atoms with van der Waals surface area (Å²) < 4.78 is 0. The van der Waals surface area contributed by atoms with Gasteiger partial charge in [-0.05, 0) is 0 Å². The molecule has 0 aliphatic rings. The zero-order valence-corrected chi connectivity index (χ0v) is 8.75. The number of anilines is 1. The van der Waals surface area contributed by atoms with E-state index < -0.39 is 0 Å². The summed E-state index contributed by atoms with van der Waals surface area (Å²) in [5.41, 5.74) is 0. The van der Waals surface area contributed by atoms with Crippen molar-refractivity contribution in [3.8, 4) is 0 Å². The number of halogens is 1. The molecule has 1 N–H and O–H groups in total. The summed E-state index contributed by atoms with van der Waals surface area (Å²) >= 11 is 5.55. The summed E-state index contributed by atoms with van der Waals surface area (Å²) in [5.74, 6) is 0.506. The molecule has 5 nitrogen and oxygen atoms in total. The number of amides is 1. The molecular formula is C8H11ClN4O. The molecule has 0 saturated carbocycles. The summed E-state index contributed by atoms with van der Waals surface area (Å²) in [5, 5.41) is 3.16. The number of rotatable bonds is 3. The van der Waals surface area contributed by atoms with Gasteiger partial charge in [-0.25, -0.2) is 9.97 Å². The lowest BCUT2D eigenvalue weighted by Gasteiger charge is -2.10. The predicted octanol–water partition coefficient (Wildman–Crippen LogP) is 0.630. The van der Waals surface area contributed by atoms with Gasteiger partial charge >= 0.3 is 0 Å². The molecule has 1 amide bonds. The van der Waals surface area contributed by atoms with Gasteiger partial charge in [-0.3, -0.25) is 4.79 Å². The molecule has 0 radical (unpaired) electrons. The Labute approximate surface area is 87.1 Å². The number of nitrogens with zero attached hydrogens (tertiary/aromatic N) is 3. The molecule has 0 atom stereocenters. The van der Waals surface area contributed by atoms with Crippen LogP contribution in [0.2, 0.25) is 5.15 Å². The minimum Gasteiger partial charge on any atom is -0.360 e. The second-order valence-corrected chi connectivity index (χ2v) is 3.25. The average Bonchev–Trinajstić information content (AvgIpc) is 2.16.